The molecule has 17 heavy (non-hydrogen) atoms. The summed E-state index contributed by atoms with van der Waals surface area (Å²) in [6.07, 6.45) is 8.53. The van der Waals surface area contributed by atoms with Gasteiger partial charge in [-0.1, -0.05) is 19.8 Å². The molecule has 1 heterocycles. The number of nitrogens with zero attached hydrogens (tertiary/aromatic N) is 2. The minimum absolute atomic E-state index is 0.0450. The molecule has 0 aromatic carbocycles. The molecule has 0 bridgehead atoms. The maximum Gasteiger partial charge on any atom is 0.293 e. The Morgan fingerprint density at radius 2 is 2.35 bits per heavy atom. The molecule has 1 aromatic rings. The highest BCUT2D eigenvalue weighted by atomic mass is 16.1. The van der Waals surface area contributed by atoms with Crippen LogP contribution in [0.25, 0.3) is 0 Å². The quantitative estimate of drug-likeness (QED) is 0.872. The standard InChI is InChI=1S/C13H21N3O/c1-10-4-3-5-11(8-10)9-15-12-13(17)16(2)7-6-14-12/h6-7,10-11H,3-5,8-9H2,1-2H3,(H,14,15). The van der Waals surface area contributed by atoms with Crippen molar-refractivity contribution in [1.29, 1.82) is 0 Å². The van der Waals surface area contributed by atoms with E-state index in [-0.39, 0.29) is 5.56 Å². The predicted molar refractivity (Wildman–Crippen MR) is 69.1 cm³/mol. The van der Waals surface area contributed by atoms with Crippen molar-refractivity contribution in [3.8, 4) is 0 Å². The second-order valence-electron chi connectivity index (χ2n) is 5.21. The van der Waals surface area contributed by atoms with Crippen molar-refractivity contribution >= 4 is 5.82 Å². The van der Waals surface area contributed by atoms with E-state index < -0.39 is 0 Å². The first-order valence-electron chi connectivity index (χ1n) is 6.42. The van der Waals surface area contributed by atoms with Gasteiger partial charge in [-0.3, -0.25) is 4.79 Å². The summed E-state index contributed by atoms with van der Waals surface area (Å²) in [5.74, 6) is 1.99. The largest absolute Gasteiger partial charge is 0.365 e. The monoisotopic (exact) mass is 235 g/mol. The van der Waals surface area contributed by atoms with Gasteiger partial charge in [-0.15, -0.1) is 0 Å². The third kappa shape index (κ3) is 3.08. The van der Waals surface area contributed by atoms with Crippen LogP contribution in [-0.4, -0.2) is 16.1 Å². The van der Waals surface area contributed by atoms with Gasteiger partial charge in [0.25, 0.3) is 5.56 Å². The Bertz CT molecular complexity index is 427. The van der Waals surface area contributed by atoms with E-state index in [0.29, 0.717) is 11.7 Å². The van der Waals surface area contributed by atoms with Gasteiger partial charge in [0.1, 0.15) is 0 Å². The number of aromatic nitrogens is 2. The third-order valence-corrected chi connectivity index (χ3v) is 3.62. The zero-order chi connectivity index (χ0) is 12.3. The van der Waals surface area contributed by atoms with Gasteiger partial charge >= 0.3 is 0 Å². The summed E-state index contributed by atoms with van der Waals surface area (Å²) in [5, 5.41) is 3.20. The van der Waals surface area contributed by atoms with Gasteiger partial charge < -0.3 is 9.88 Å². The van der Waals surface area contributed by atoms with E-state index >= 15 is 0 Å². The maximum absolute atomic E-state index is 11.7. The maximum atomic E-state index is 11.7. The fourth-order valence-corrected chi connectivity index (χ4v) is 2.61. The van der Waals surface area contributed by atoms with Crippen LogP contribution in [0.15, 0.2) is 17.2 Å². The first kappa shape index (κ1) is 12.1. The van der Waals surface area contributed by atoms with Gasteiger partial charge in [-0.05, 0) is 24.7 Å². The smallest absolute Gasteiger partial charge is 0.293 e. The first-order chi connectivity index (χ1) is 8.16. The van der Waals surface area contributed by atoms with Crippen LogP contribution in [-0.2, 0) is 7.05 Å². The highest BCUT2D eigenvalue weighted by Gasteiger charge is 2.18. The lowest BCUT2D eigenvalue weighted by Crippen LogP contribution is -2.26. The van der Waals surface area contributed by atoms with Gasteiger partial charge in [0.05, 0.1) is 0 Å². The molecule has 1 saturated carbocycles. The summed E-state index contributed by atoms with van der Waals surface area (Å²) >= 11 is 0. The van der Waals surface area contributed by atoms with Crippen molar-refractivity contribution < 1.29 is 0 Å². The topological polar surface area (TPSA) is 46.9 Å². The van der Waals surface area contributed by atoms with Gasteiger partial charge in [0, 0.05) is 26.0 Å². The van der Waals surface area contributed by atoms with Gasteiger partial charge in [-0.2, -0.15) is 0 Å². The zero-order valence-electron chi connectivity index (χ0n) is 10.6. The van der Waals surface area contributed by atoms with E-state index in [2.05, 4.69) is 17.2 Å². The molecular formula is C13H21N3O. The highest BCUT2D eigenvalue weighted by molar-refractivity contribution is 5.30. The van der Waals surface area contributed by atoms with Crippen LogP contribution >= 0.6 is 0 Å². The van der Waals surface area contributed by atoms with Crippen LogP contribution in [0.1, 0.15) is 32.6 Å². The third-order valence-electron chi connectivity index (χ3n) is 3.62. The van der Waals surface area contributed by atoms with E-state index in [0.717, 1.165) is 12.5 Å². The van der Waals surface area contributed by atoms with Crippen molar-refractivity contribution in [2.45, 2.75) is 32.6 Å². The molecule has 1 aliphatic carbocycles. The van der Waals surface area contributed by atoms with Crippen molar-refractivity contribution in [2.75, 3.05) is 11.9 Å². The summed E-state index contributed by atoms with van der Waals surface area (Å²) in [6, 6.07) is 0. The molecule has 1 aromatic heterocycles. The number of hydrogen-bond donors (Lipinski definition) is 1. The fraction of sp³-hybridized carbons (Fsp3) is 0.692. The van der Waals surface area contributed by atoms with Crippen molar-refractivity contribution in [1.82, 2.24) is 9.55 Å². The Balaban J connectivity index is 1.93. The van der Waals surface area contributed by atoms with Crippen LogP contribution in [0.5, 0.6) is 0 Å². The Morgan fingerprint density at radius 1 is 1.53 bits per heavy atom. The van der Waals surface area contributed by atoms with Crippen molar-refractivity contribution in [2.24, 2.45) is 18.9 Å². The SMILES string of the molecule is CC1CCCC(CNc2nccn(C)c2=O)C1. The molecule has 0 aliphatic heterocycles. The van der Waals surface area contributed by atoms with Crippen LogP contribution in [0.2, 0.25) is 0 Å². The van der Waals surface area contributed by atoms with E-state index in [1.165, 1.54) is 25.7 Å². The molecule has 1 fully saturated rings. The lowest BCUT2D eigenvalue weighted by Gasteiger charge is -2.26. The molecule has 0 radical (unpaired) electrons. The molecule has 0 saturated heterocycles. The number of nitrogens with one attached hydrogen (secondary N) is 1. The molecule has 94 valence electrons. The van der Waals surface area contributed by atoms with Crippen molar-refractivity contribution in [3.63, 3.8) is 0 Å². The molecular weight excluding hydrogens is 214 g/mol. The van der Waals surface area contributed by atoms with E-state index in [1.54, 1.807) is 24.0 Å². The number of hydrogen-bond acceptors (Lipinski definition) is 3. The van der Waals surface area contributed by atoms with Crippen LogP contribution in [0.3, 0.4) is 0 Å². The lowest BCUT2D eigenvalue weighted by molar-refractivity contribution is 0.293. The Hall–Kier alpha value is -1.32. The summed E-state index contributed by atoms with van der Waals surface area (Å²) in [7, 11) is 1.75. The van der Waals surface area contributed by atoms with E-state index in [4.69, 9.17) is 0 Å². The Labute approximate surface area is 102 Å². The van der Waals surface area contributed by atoms with Crippen molar-refractivity contribution in [3.05, 3.63) is 22.7 Å². The minimum atomic E-state index is -0.0450. The Kier molecular flexibility index (Phi) is 3.82. The average molecular weight is 235 g/mol. The molecule has 0 amide bonds. The summed E-state index contributed by atoms with van der Waals surface area (Å²) in [5.41, 5.74) is -0.0450. The second-order valence-corrected chi connectivity index (χ2v) is 5.21. The normalized spacial score (nSPS) is 24.6. The molecule has 0 spiro atoms. The van der Waals surface area contributed by atoms with Gasteiger partial charge in [0.15, 0.2) is 5.82 Å². The summed E-state index contributed by atoms with van der Waals surface area (Å²) in [4.78, 5) is 15.8. The summed E-state index contributed by atoms with van der Waals surface area (Å²) in [6.45, 7) is 3.18. The molecule has 4 heteroatoms. The number of rotatable bonds is 3. The highest BCUT2D eigenvalue weighted by Crippen LogP contribution is 2.28. The Morgan fingerprint density at radius 3 is 3.12 bits per heavy atom. The molecule has 2 unspecified atom stereocenters. The van der Waals surface area contributed by atoms with Crippen LogP contribution in [0, 0.1) is 11.8 Å². The van der Waals surface area contributed by atoms with Crippen LogP contribution < -0.4 is 10.9 Å². The molecule has 1 N–H and O–H groups in total. The van der Waals surface area contributed by atoms with Gasteiger partial charge in [0.2, 0.25) is 0 Å². The van der Waals surface area contributed by atoms with Crippen LogP contribution in [0.4, 0.5) is 5.82 Å². The number of aryl methyl sites for hydroxylation is 1. The first-order valence-corrected chi connectivity index (χ1v) is 6.42. The van der Waals surface area contributed by atoms with E-state index in [1.807, 2.05) is 0 Å². The molecule has 2 atom stereocenters. The average Bonchev–Trinajstić information content (AvgIpc) is 2.31. The lowest BCUT2D eigenvalue weighted by atomic mass is 9.82. The molecule has 2 rings (SSSR count). The van der Waals surface area contributed by atoms with Gasteiger partial charge in [-0.25, -0.2) is 4.98 Å². The fourth-order valence-electron chi connectivity index (χ4n) is 2.61. The molecule has 1 aliphatic rings. The minimum Gasteiger partial charge on any atom is -0.365 e. The zero-order valence-corrected chi connectivity index (χ0v) is 10.6. The number of anilines is 1. The summed E-state index contributed by atoms with van der Waals surface area (Å²) < 4.78 is 1.55. The predicted octanol–water partition coefficient (Wildman–Crippen LogP) is 2.02. The van der Waals surface area contributed by atoms with E-state index in [9.17, 15) is 4.79 Å². The second kappa shape index (κ2) is 5.34. The molecule has 4 nitrogen and oxygen atoms in total.